The first-order valence-corrected chi connectivity index (χ1v) is 5.11. The van der Waals surface area contributed by atoms with Gasteiger partial charge >= 0.3 is 0 Å². The minimum absolute atomic E-state index is 0.0566. The number of anilines is 1. The van der Waals surface area contributed by atoms with Gasteiger partial charge in [-0.1, -0.05) is 20.8 Å². The molecule has 16 heavy (non-hydrogen) atoms. The highest BCUT2D eigenvalue weighted by molar-refractivity contribution is 5.36. The zero-order valence-corrected chi connectivity index (χ0v) is 9.57. The first-order chi connectivity index (χ1) is 7.35. The van der Waals surface area contributed by atoms with Crippen LogP contribution in [0.3, 0.4) is 0 Å². The van der Waals surface area contributed by atoms with Crippen molar-refractivity contribution in [3.05, 3.63) is 23.6 Å². The highest BCUT2D eigenvalue weighted by atomic mass is 19.2. The molecule has 0 atom stereocenters. The van der Waals surface area contributed by atoms with Crippen LogP contribution >= 0.6 is 0 Å². The van der Waals surface area contributed by atoms with Gasteiger partial charge in [0.05, 0.1) is 0 Å². The molecule has 1 aromatic heterocycles. The topological polar surface area (TPSA) is 24.9 Å². The van der Waals surface area contributed by atoms with Gasteiger partial charge in [-0.25, -0.2) is 8.78 Å². The van der Waals surface area contributed by atoms with Crippen molar-refractivity contribution in [2.45, 2.75) is 27.2 Å². The Hall–Kier alpha value is -1.26. The van der Waals surface area contributed by atoms with Crippen molar-refractivity contribution in [1.29, 1.82) is 0 Å². The van der Waals surface area contributed by atoms with Crippen LogP contribution in [-0.2, 0) is 0 Å². The number of nitrogens with one attached hydrogen (secondary N) is 1. The molecular weight excluding hydrogens is 217 g/mol. The molecule has 0 aliphatic rings. The normalized spacial score (nSPS) is 11.6. The number of aromatic nitrogens is 1. The summed E-state index contributed by atoms with van der Waals surface area (Å²) in [6.45, 7) is 6.41. The quantitative estimate of drug-likeness (QED) is 0.805. The zero-order chi connectivity index (χ0) is 12.3. The Balaban J connectivity index is 2.79. The molecule has 2 nitrogen and oxygen atoms in total. The van der Waals surface area contributed by atoms with E-state index in [1.165, 1.54) is 0 Å². The number of nitrogens with zero attached hydrogens (tertiary/aromatic N) is 1. The Morgan fingerprint density at radius 3 is 2.44 bits per heavy atom. The van der Waals surface area contributed by atoms with Crippen LogP contribution in [-0.4, -0.2) is 11.5 Å². The second-order valence-electron chi connectivity index (χ2n) is 4.46. The molecule has 0 radical (unpaired) electrons. The van der Waals surface area contributed by atoms with E-state index in [0.29, 0.717) is 12.6 Å². The van der Waals surface area contributed by atoms with Crippen LogP contribution in [0, 0.1) is 23.0 Å². The van der Waals surface area contributed by atoms with Gasteiger partial charge in [-0.2, -0.15) is 9.37 Å². The number of rotatable bonds is 4. The molecular formula is C11H15F3N2. The van der Waals surface area contributed by atoms with Gasteiger partial charge in [-0.15, -0.1) is 0 Å². The Bertz CT molecular complexity index is 378. The van der Waals surface area contributed by atoms with Gasteiger partial charge < -0.3 is 5.32 Å². The second kappa shape index (κ2) is 4.72. The Kier molecular flexibility index (Phi) is 3.78. The molecule has 0 aliphatic heterocycles. The molecule has 1 heterocycles. The van der Waals surface area contributed by atoms with Crippen molar-refractivity contribution >= 4 is 5.82 Å². The molecule has 0 aromatic carbocycles. The fourth-order valence-electron chi connectivity index (χ4n) is 1.02. The first kappa shape index (κ1) is 12.8. The van der Waals surface area contributed by atoms with Crippen molar-refractivity contribution in [2.75, 3.05) is 11.9 Å². The average Bonchev–Trinajstić information content (AvgIpc) is 2.22. The standard InChI is InChI=1S/C11H15F3N2/c1-4-11(2,3)6-15-10-8(13)5-7(12)9(14)16-10/h5H,4,6H2,1-3H3,(H,15,16). The van der Waals surface area contributed by atoms with Gasteiger partial charge in [0.25, 0.3) is 5.95 Å². The van der Waals surface area contributed by atoms with Crippen molar-refractivity contribution in [3.63, 3.8) is 0 Å². The summed E-state index contributed by atoms with van der Waals surface area (Å²) in [6, 6.07) is 0.490. The van der Waals surface area contributed by atoms with Crippen molar-refractivity contribution in [3.8, 4) is 0 Å². The molecule has 5 heteroatoms. The zero-order valence-electron chi connectivity index (χ0n) is 9.57. The molecule has 0 bridgehead atoms. The van der Waals surface area contributed by atoms with Gasteiger partial charge in [0.2, 0.25) is 0 Å². The second-order valence-corrected chi connectivity index (χ2v) is 4.46. The molecule has 0 saturated heterocycles. The lowest BCUT2D eigenvalue weighted by Gasteiger charge is -2.23. The van der Waals surface area contributed by atoms with Crippen molar-refractivity contribution in [2.24, 2.45) is 5.41 Å². The van der Waals surface area contributed by atoms with Crippen LogP contribution in [0.5, 0.6) is 0 Å². The van der Waals surface area contributed by atoms with Crippen LogP contribution in [0.1, 0.15) is 27.2 Å². The van der Waals surface area contributed by atoms with Gasteiger partial charge in [-0.3, -0.25) is 0 Å². The van der Waals surface area contributed by atoms with E-state index in [9.17, 15) is 13.2 Å². The van der Waals surface area contributed by atoms with Gasteiger partial charge in [0, 0.05) is 12.6 Å². The van der Waals surface area contributed by atoms with E-state index in [1.807, 2.05) is 20.8 Å². The maximum Gasteiger partial charge on any atom is 0.251 e. The van der Waals surface area contributed by atoms with Crippen LogP contribution in [0.4, 0.5) is 19.0 Å². The van der Waals surface area contributed by atoms with Crippen LogP contribution in [0.2, 0.25) is 0 Å². The van der Waals surface area contributed by atoms with E-state index < -0.39 is 17.6 Å². The molecule has 1 rings (SSSR count). The first-order valence-electron chi connectivity index (χ1n) is 5.11. The summed E-state index contributed by atoms with van der Waals surface area (Å²) in [5.74, 6) is -3.71. The molecule has 0 saturated carbocycles. The van der Waals surface area contributed by atoms with Crippen LogP contribution in [0.25, 0.3) is 0 Å². The largest absolute Gasteiger partial charge is 0.367 e. The van der Waals surface area contributed by atoms with Gasteiger partial charge in [-0.05, 0) is 11.8 Å². The van der Waals surface area contributed by atoms with E-state index in [1.54, 1.807) is 0 Å². The summed E-state index contributed by atoms with van der Waals surface area (Å²) < 4.78 is 38.5. The Morgan fingerprint density at radius 1 is 1.25 bits per heavy atom. The molecule has 0 unspecified atom stereocenters. The number of pyridine rings is 1. The number of halogens is 3. The molecule has 0 spiro atoms. The third kappa shape index (κ3) is 3.12. The smallest absolute Gasteiger partial charge is 0.251 e. The van der Waals surface area contributed by atoms with Crippen molar-refractivity contribution < 1.29 is 13.2 Å². The highest BCUT2D eigenvalue weighted by Crippen LogP contribution is 2.21. The minimum Gasteiger partial charge on any atom is -0.367 e. The third-order valence-electron chi connectivity index (χ3n) is 2.58. The monoisotopic (exact) mass is 232 g/mol. The lowest BCUT2D eigenvalue weighted by atomic mass is 9.90. The molecule has 0 amide bonds. The summed E-state index contributed by atoms with van der Waals surface area (Å²) in [7, 11) is 0. The summed E-state index contributed by atoms with van der Waals surface area (Å²) >= 11 is 0. The maximum absolute atomic E-state index is 13.2. The SMILES string of the molecule is CCC(C)(C)CNc1nc(F)c(F)cc1F. The predicted octanol–water partition coefficient (Wildman–Crippen LogP) is 3.35. The summed E-state index contributed by atoms with van der Waals surface area (Å²) in [5, 5.41) is 2.68. The summed E-state index contributed by atoms with van der Waals surface area (Å²) in [5.41, 5.74) is -0.0566. The molecule has 0 aliphatic carbocycles. The minimum atomic E-state index is -1.29. The third-order valence-corrected chi connectivity index (χ3v) is 2.58. The molecule has 90 valence electrons. The lowest BCUT2D eigenvalue weighted by Crippen LogP contribution is -2.23. The lowest BCUT2D eigenvalue weighted by molar-refractivity contribution is 0.375. The summed E-state index contributed by atoms with van der Waals surface area (Å²) in [6.07, 6.45) is 0.880. The van der Waals surface area contributed by atoms with E-state index in [0.717, 1.165) is 6.42 Å². The Morgan fingerprint density at radius 2 is 1.88 bits per heavy atom. The van der Waals surface area contributed by atoms with E-state index in [4.69, 9.17) is 0 Å². The van der Waals surface area contributed by atoms with E-state index in [2.05, 4.69) is 10.3 Å². The molecule has 1 N–H and O–H groups in total. The van der Waals surface area contributed by atoms with E-state index >= 15 is 0 Å². The van der Waals surface area contributed by atoms with Crippen LogP contribution < -0.4 is 5.32 Å². The molecule has 1 aromatic rings. The maximum atomic E-state index is 13.2. The Labute approximate surface area is 92.9 Å². The van der Waals surface area contributed by atoms with E-state index in [-0.39, 0.29) is 11.2 Å². The van der Waals surface area contributed by atoms with Gasteiger partial charge in [0.15, 0.2) is 17.5 Å². The highest BCUT2D eigenvalue weighted by Gasteiger charge is 2.17. The fraction of sp³-hybridized carbons (Fsp3) is 0.545. The van der Waals surface area contributed by atoms with Crippen molar-refractivity contribution in [1.82, 2.24) is 4.98 Å². The fourth-order valence-corrected chi connectivity index (χ4v) is 1.02. The summed E-state index contributed by atoms with van der Waals surface area (Å²) in [4.78, 5) is 3.18. The average molecular weight is 232 g/mol. The predicted molar refractivity (Wildman–Crippen MR) is 56.7 cm³/mol. The van der Waals surface area contributed by atoms with Crippen LogP contribution in [0.15, 0.2) is 6.07 Å². The number of hydrogen-bond donors (Lipinski definition) is 1. The number of hydrogen-bond acceptors (Lipinski definition) is 2. The molecule has 0 fully saturated rings. The van der Waals surface area contributed by atoms with Gasteiger partial charge in [0.1, 0.15) is 0 Å².